The minimum atomic E-state index is -0.128. The molecule has 0 saturated carbocycles. The van der Waals surface area contributed by atoms with Gasteiger partial charge in [0.1, 0.15) is 5.75 Å². The van der Waals surface area contributed by atoms with Crippen molar-refractivity contribution in [3.05, 3.63) is 62.6 Å². The zero-order chi connectivity index (χ0) is 14.9. The van der Waals surface area contributed by atoms with E-state index in [1.165, 1.54) is 5.56 Å². The van der Waals surface area contributed by atoms with Crippen LogP contribution in [0.1, 0.15) is 33.9 Å². The van der Waals surface area contributed by atoms with E-state index in [4.69, 9.17) is 10.5 Å². The van der Waals surface area contributed by atoms with Crippen LogP contribution in [-0.4, -0.2) is 7.11 Å². The molecule has 3 heteroatoms. The van der Waals surface area contributed by atoms with E-state index >= 15 is 0 Å². The van der Waals surface area contributed by atoms with E-state index in [2.05, 4.69) is 54.0 Å². The third-order valence-electron chi connectivity index (χ3n) is 3.67. The molecule has 106 valence electrons. The standard InChI is InChI=1S/C17H20BrNO/c1-10-5-6-13(9-15(10)18)17(19)14-7-12(3)16(20-4)8-11(14)2/h5-9,17H,19H2,1-4H3. The zero-order valence-electron chi connectivity index (χ0n) is 12.3. The zero-order valence-corrected chi connectivity index (χ0v) is 13.9. The predicted molar refractivity (Wildman–Crippen MR) is 87.4 cm³/mol. The Hall–Kier alpha value is -1.32. The van der Waals surface area contributed by atoms with Crippen LogP contribution >= 0.6 is 15.9 Å². The first-order valence-electron chi connectivity index (χ1n) is 6.60. The van der Waals surface area contributed by atoms with Gasteiger partial charge in [0.25, 0.3) is 0 Å². The predicted octanol–water partition coefficient (Wildman–Crippen LogP) is 4.43. The average Bonchev–Trinajstić information content (AvgIpc) is 2.43. The molecule has 0 aliphatic carbocycles. The molecule has 2 aromatic carbocycles. The minimum absolute atomic E-state index is 0.128. The highest BCUT2D eigenvalue weighted by Crippen LogP contribution is 2.30. The van der Waals surface area contributed by atoms with Gasteiger partial charge in [0, 0.05) is 4.47 Å². The maximum absolute atomic E-state index is 6.43. The van der Waals surface area contributed by atoms with E-state index in [1.54, 1.807) is 7.11 Å². The summed E-state index contributed by atoms with van der Waals surface area (Å²) in [5.74, 6) is 0.906. The van der Waals surface area contributed by atoms with Crippen molar-refractivity contribution in [3.8, 4) is 5.75 Å². The van der Waals surface area contributed by atoms with Crippen molar-refractivity contribution in [2.24, 2.45) is 5.73 Å². The van der Waals surface area contributed by atoms with Gasteiger partial charge in [0.05, 0.1) is 13.2 Å². The summed E-state index contributed by atoms with van der Waals surface area (Å²) in [6, 6.07) is 10.3. The number of ether oxygens (including phenoxy) is 1. The fourth-order valence-electron chi connectivity index (χ4n) is 2.35. The Morgan fingerprint density at radius 3 is 2.30 bits per heavy atom. The summed E-state index contributed by atoms with van der Waals surface area (Å²) in [6.45, 7) is 6.18. The van der Waals surface area contributed by atoms with E-state index in [9.17, 15) is 0 Å². The Labute approximate surface area is 129 Å². The Bertz CT molecular complexity index is 637. The largest absolute Gasteiger partial charge is 0.496 e. The second-order valence-corrected chi connectivity index (χ2v) is 6.02. The van der Waals surface area contributed by atoms with Crippen LogP contribution in [0.15, 0.2) is 34.8 Å². The number of benzene rings is 2. The summed E-state index contributed by atoms with van der Waals surface area (Å²) >= 11 is 3.57. The Morgan fingerprint density at radius 1 is 1.00 bits per heavy atom. The lowest BCUT2D eigenvalue weighted by Crippen LogP contribution is -2.14. The Morgan fingerprint density at radius 2 is 1.70 bits per heavy atom. The van der Waals surface area contributed by atoms with Crippen LogP contribution in [0, 0.1) is 20.8 Å². The fourth-order valence-corrected chi connectivity index (χ4v) is 2.75. The molecule has 0 aromatic heterocycles. The molecule has 0 spiro atoms. The third-order valence-corrected chi connectivity index (χ3v) is 4.53. The number of halogens is 1. The van der Waals surface area contributed by atoms with Gasteiger partial charge in [-0.3, -0.25) is 0 Å². The van der Waals surface area contributed by atoms with Crippen molar-refractivity contribution in [2.45, 2.75) is 26.8 Å². The van der Waals surface area contributed by atoms with Crippen LogP contribution < -0.4 is 10.5 Å². The number of methoxy groups -OCH3 is 1. The molecule has 0 saturated heterocycles. The summed E-state index contributed by atoms with van der Waals surface area (Å²) in [5, 5.41) is 0. The molecule has 0 bridgehead atoms. The van der Waals surface area contributed by atoms with Crippen LogP contribution in [0.3, 0.4) is 0 Å². The Balaban J connectivity index is 2.45. The molecule has 0 radical (unpaired) electrons. The maximum Gasteiger partial charge on any atom is 0.122 e. The van der Waals surface area contributed by atoms with Gasteiger partial charge in [-0.25, -0.2) is 0 Å². The molecular formula is C17H20BrNO. The number of aryl methyl sites for hydroxylation is 3. The lowest BCUT2D eigenvalue weighted by molar-refractivity contribution is 0.411. The van der Waals surface area contributed by atoms with E-state index in [0.29, 0.717) is 0 Å². The highest BCUT2D eigenvalue weighted by Gasteiger charge is 2.14. The minimum Gasteiger partial charge on any atom is -0.496 e. The van der Waals surface area contributed by atoms with Gasteiger partial charge in [-0.2, -0.15) is 0 Å². The van der Waals surface area contributed by atoms with Crippen molar-refractivity contribution in [2.75, 3.05) is 7.11 Å². The van der Waals surface area contributed by atoms with Gasteiger partial charge in [0.2, 0.25) is 0 Å². The van der Waals surface area contributed by atoms with Crippen LogP contribution in [0.4, 0.5) is 0 Å². The molecule has 1 unspecified atom stereocenters. The summed E-state index contributed by atoms with van der Waals surface area (Å²) in [6.07, 6.45) is 0. The Kier molecular flexibility index (Phi) is 4.51. The smallest absolute Gasteiger partial charge is 0.122 e. The lowest BCUT2D eigenvalue weighted by Gasteiger charge is -2.18. The normalized spacial score (nSPS) is 12.3. The summed E-state index contributed by atoms with van der Waals surface area (Å²) in [4.78, 5) is 0. The number of hydrogen-bond donors (Lipinski definition) is 1. The molecule has 0 amide bonds. The van der Waals surface area contributed by atoms with E-state index in [-0.39, 0.29) is 6.04 Å². The first-order valence-corrected chi connectivity index (χ1v) is 7.40. The monoisotopic (exact) mass is 333 g/mol. The second-order valence-electron chi connectivity index (χ2n) is 5.16. The molecule has 2 nitrogen and oxygen atoms in total. The summed E-state index contributed by atoms with van der Waals surface area (Å²) < 4.78 is 6.44. The first-order chi connectivity index (χ1) is 9.43. The number of rotatable bonds is 3. The summed E-state index contributed by atoms with van der Waals surface area (Å²) in [5.41, 5.74) is 12.1. The molecule has 2 aromatic rings. The van der Waals surface area contributed by atoms with Crippen LogP contribution in [-0.2, 0) is 0 Å². The van der Waals surface area contributed by atoms with Crippen LogP contribution in [0.2, 0.25) is 0 Å². The molecule has 0 fully saturated rings. The molecule has 2 rings (SSSR count). The molecule has 0 heterocycles. The van der Waals surface area contributed by atoms with Crippen molar-refractivity contribution in [3.63, 3.8) is 0 Å². The highest BCUT2D eigenvalue weighted by molar-refractivity contribution is 9.10. The first kappa shape index (κ1) is 15.1. The van der Waals surface area contributed by atoms with Crippen molar-refractivity contribution < 1.29 is 4.74 Å². The van der Waals surface area contributed by atoms with Crippen LogP contribution in [0.5, 0.6) is 5.75 Å². The number of nitrogens with two attached hydrogens (primary N) is 1. The van der Waals surface area contributed by atoms with Crippen molar-refractivity contribution >= 4 is 15.9 Å². The van der Waals surface area contributed by atoms with Gasteiger partial charge in [-0.05, 0) is 60.7 Å². The second kappa shape index (κ2) is 5.98. The van der Waals surface area contributed by atoms with Crippen LogP contribution in [0.25, 0.3) is 0 Å². The van der Waals surface area contributed by atoms with Gasteiger partial charge in [0.15, 0.2) is 0 Å². The maximum atomic E-state index is 6.43. The SMILES string of the molecule is COc1cc(C)c(C(N)c2ccc(C)c(Br)c2)cc1C. The van der Waals surface area contributed by atoms with E-state index in [0.717, 1.165) is 32.5 Å². The molecule has 1 atom stereocenters. The fraction of sp³-hybridized carbons (Fsp3) is 0.294. The quantitative estimate of drug-likeness (QED) is 0.901. The van der Waals surface area contributed by atoms with Gasteiger partial charge < -0.3 is 10.5 Å². The molecule has 0 aliphatic heterocycles. The molecule has 2 N–H and O–H groups in total. The van der Waals surface area contributed by atoms with E-state index in [1.807, 2.05) is 13.0 Å². The lowest BCUT2D eigenvalue weighted by atomic mass is 9.93. The van der Waals surface area contributed by atoms with Gasteiger partial charge in [-0.1, -0.05) is 34.1 Å². The number of hydrogen-bond acceptors (Lipinski definition) is 2. The molecular weight excluding hydrogens is 314 g/mol. The third kappa shape index (κ3) is 2.89. The van der Waals surface area contributed by atoms with Gasteiger partial charge in [-0.15, -0.1) is 0 Å². The van der Waals surface area contributed by atoms with Gasteiger partial charge >= 0.3 is 0 Å². The summed E-state index contributed by atoms with van der Waals surface area (Å²) in [7, 11) is 1.69. The van der Waals surface area contributed by atoms with E-state index < -0.39 is 0 Å². The highest BCUT2D eigenvalue weighted by atomic mass is 79.9. The molecule has 20 heavy (non-hydrogen) atoms. The topological polar surface area (TPSA) is 35.2 Å². The average molecular weight is 334 g/mol. The van der Waals surface area contributed by atoms with Crippen molar-refractivity contribution in [1.29, 1.82) is 0 Å². The molecule has 0 aliphatic rings. The van der Waals surface area contributed by atoms with Crippen molar-refractivity contribution in [1.82, 2.24) is 0 Å².